The van der Waals surface area contributed by atoms with E-state index in [9.17, 15) is 9.59 Å². The van der Waals surface area contributed by atoms with Crippen molar-refractivity contribution >= 4 is 11.9 Å². The second-order valence-corrected chi connectivity index (χ2v) is 12.0. The molecule has 0 aromatic rings. The Labute approximate surface area is 232 Å². The van der Waals surface area contributed by atoms with E-state index in [2.05, 4.69) is 20.8 Å². The maximum atomic E-state index is 11.9. The van der Waals surface area contributed by atoms with Crippen LogP contribution < -0.4 is 0 Å². The number of carbonyl (C=O) groups excluding carboxylic acids is 2. The highest BCUT2D eigenvalue weighted by atomic mass is 16.6. The number of esters is 2. The van der Waals surface area contributed by atoms with Crippen molar-refractivity contribution in [2.24, 2.45) is 5.92 Å². The first kappa shape index (κ1) is 36.1. The molecule has 0 unspecified atom stereocenters. The molecule has 0 spiro atoms. The van der Waals surface area contributed by atoms with Crippen molar-refractivity contribution in [2.75, 3.05) is 0 Å². The number of rotatable bonds is 29. The van der Waals surface area contributed by atoms with E-state index in [1.807, 2.05) is 0 Å². The van der Waals surface area contributed by atoms with Crippen LogP contribution in [0.3, 0.4) is 0 Å². The van der Waals surface area contributed by atoms with Gasteiger partial charge in [0, 0.05) is 12.8 Å². The number of hydrogen-bond acceptors (Lipinski definition) is 3. The second-order valence-electron chi connectivity index (χ2n) is 12.0. The first-order valence-corrected chi connectivity index (χ1v) is 16.8. The van der Waals surface area contributed by atoms with Crippen LogP contribution in [-0.2, 0) is 14.3 Å². The Kier molecular flexibility index (Phi) is 29.0. The summed E-state index contributed by atoms with van der Waals surface area (Å²) in [4.78, 5) is 23.8. The molecule has 0 fully saturated rings. The van der Waals surface area contributed by atoms with Gasteiger partial charge in [-0.05, 0) is 18.8 Å². The summed E-state index contributed by atoms with van der Waals surface area (Å²) in [6.07, 6.45) is 34.3. The quantitative estimate of drug-likeness (QED) is 0.0557. The summed E-state index contributed by atoms with van der Waals surface area (Å²) in [5, 5.41) is 0. The molecule has 0 aliphatic carbocycles. The number of ether oxygens (including phenoxy) is 1. The predicted octanol–water partition coefficient (Wildman–Crippen LogP) is 11.7. The van der Waals surface area contributed by atoms with Gasteiger partial charge in [0.25, 0.3) is 0 Å². The third-order valence-corrected chi connectivity index (χ3v) is 7.62. The summed E-state index contributed by atoms with van der Waals surface area (Å²) >= 11 is 0. The van der Waals surface area contributed by atoms with Crippen LogP contribution in [-0.4, -0.2) is 11.9 Å². The average molecular weight is 523 g/mol. The lowest BCUT2D eigenvalue weighted by atomic mass is 10.0. The van der Waals surface area contributed by atoms with Crippen LogP contribution in [0, 0.1) is 5.92 Å². The average Bonchev–Trinajstić information content (AvgIpc) is 2.86. The van der Waals surface area contributed by atoms with E-state index >= 15 is 0 Å². The van der Waals surface area contributed by atoms with E-state index in [1.54, 1.807) is 0 Å². The van der Waals surface area contributed by atoms with Gasteiger partial charge in [-0.2, -0.15) is 0 Å². The Hall–Kier alpha value is -0.860. The minimum absolute atomic E-state index is 0.326. The molecule has 3 heteroatoms. The van der Waals surface area contributed by atoms with E-state index in [4.69, 9.17) is 4.74 Å². The first-order valence-electron chi connectivity index (χ1n) is 16.8. The summed E-state index contributed by atoms with van der Waals surface area (Å²) in [5.41, 5.74) is 0. The van der Waals surface area contributed by atoms with Gasteiger partial charge in [-0.1, -0.05) is 175 Å². The molecular weight excluding hydrogens is 456 g/mol. The van der Waals surface area contributed by atoms with Gasteiger partial charge in [0.1, 0.15) is 0 Å². The summed E-state index contributed by atoms with van der Waals surface area (Å²) in [6.45, 7) is 6.89. The Morgan fingerprint density at radius 2 is 0.703 bits per heavy atom. The molecule has 37 heavy (non-hydrogen) atoms. The predicted molar refractivity (Wildman–Crippen MR) is 161 cm³/mol. The van der Waals surface area contributed by atoms with Gasteiger partial charge >= 0.3 is 11.9 Å². The lowest BCUT2D eigenvalue weighted by molar-refractivity contribution is -0.159. The summed E-state index contributed by atoms with van der Waals surface area (Å²) in [6, 6.07) is 0. The fourth-order valence-electron chi connectivity index (χ4n) is 5.11. The molecule has 0 aliphatic rings. The molecule has 0 aromatic carbocycles. The van der Waals surface area contributed by atoms with Crippen LogP contribution in [0.15, 0.2) is 0 Å². The topological polar surface area (TPSA) is 43.4 Å². The van der Waals surface area contributed by atoms with Crippen molar-refractivity contribution in [2.45, 2.75) is 201 Å². The Morgan fingerprint density at radius 1 is 0.432 bits per heavy atom. The smallest absolute Gasteiger partial charge is 0.313 e. The van der Waals surface area contributed by atoms with Crippen molar-refractivity contribution in [3.05, 3.63) is 0 Å². The second kappa shape index (κ2) is 29.7. The SMILES string of the molecule is CCCCCCCCCCCCCCCCCC(=O)OC(=O)CCCCCCCCCCCCC(C)C. The lowest BCUT2D eigenvalue weighted by Crippen LogP contribution is -2.11. The minimum Gasteiger partial charge on any atom is -0.393 e. The molecule has 0 bridgehead atoms. The zero-order valence-corrected chi connectivity index (χ0v) is 25.6. The molecule has 0 rings (SSSR count). The van der Waals surface area contributed by atoms with Crippen molar-refractivity contribution in [3.8, 4) is 0 Å². The Morgan fingerprint density at radius 3 is 1.00 bits per heavy atom. The van der Waals surface area contributed by atoms with Crippen molar-refractivity contribution < 1.29 is 14.3 Å². The zero-order chi connectivity index (χ0) is 27.2. The lowest BCUT2D eigenvalue weighted by Gasteiger charge is -2.05. The fraction of sp³-hybridized carbons (Fsp3) is 0.941. The molecule has 0 saturated carbocycles. The Balaban J connectivity index is 3.29. The Bertz CT molecular complexity index is 485. The molecule has 0 heterocycles. The van der Waals surface area contributed by atoms with Crippen LogP contribution in [0.4, 0.5) is 0 Å². The van der Waals surface area contributed by atoms with Gasteiger partial charge in [0.2, 0.25) is 0 Å². The molecule has 0 aliphatic heterocycles. The minimum atomic E-state index is -0.327. The number of unbranched alkanes of at least 4 members (excludes halogenated alkanes) is 23. The van der Waals surface area contributed by atoms with E-state index in [-0.39, 0.29) is 11.9 Å². The van der Waals surface area contributed by atoms with Gasteiger partial charge in [-0.25, -0.2) is 0 Å². The maximum Gasteiger partial charge on any atom is 0.313 e. The van der Waals surface area contributed by atoms with Crippen LogP contribution in [0.2, 0.25) is 0 Å². The van der Waals surface area contributed by atoms with Gasteiger partial charge in [0.15, 0.2) is 0 Å². The zero-order valence-electron chi connectivity index (χ0n) is 25.6. The van der Waals surface area contributed by atoms with Crippen molar-refractivity contribution in [1.29, 1.82) is 0 Å². The number of hydrogen-bond donors (Lipinski definition) is 0. The van der Waals surface area contributed by atoms with Crippen molar-refractivity contribution in [3.63, 3.8) is 0 Å². The van der Waals surface area contributed by atoms with Crippen LogP contribution in [0.1, 0.15) is 201 Å². The van der Waals surface area contributed by atoms with E-state index in [1.165, 1.54) is 141 Å². The molecule has 0 atom stereocenters. The van der Waals surface area contributed by atoms with E-state index < -0.39 is 0 Å². The van der Waals surface area contributed by atoms with Gasteiger partial charge in [-0.15, -0.1) is 0 Å². The highest BCUT2D eigenvalue weighted by molar-refractivity contribution is 5.85. The fourth-order valence-corrected chi connectivity index (χ4v) is 5.11. The molecule has 3 nitrogen and oxygen atoms in total. The molecular formula is C34H66O3. The normalized spacial score (nSPS) is 11.4. The van der Waals surface area contributed by atoms with Gasteiger partial charge < -0.3 is 4.74 Å². The molecule has 0 amide bonds. The van der Waals surface area contributed by atoms with Gasteiger partial charge in [0.05, 0.1) is 0 Å². The van der Waals surface area contributed by atoms with Crippen LogP contribution in [0.25, 0.3) is 0 Å². The first-order chi connectivity index (χ1) is 18.1. The monoisotopic (exact) mass is 523 g/mol. The van der Waals surface area contributed by atoms with E-state index in [0.717, 1.165) is 31.6 Å². The third-order valence-electron chi connectivity index (χ3n) is 7.62. The van der Waals surface area contributed by atoms with Crippen molar-refractivity contribution in [1.82, 2.24) is 0 Å². The van der Waals surface area contributed by atoms with Gasteiger partial charge in [-0.3, -0.25) is 9.59 Å². The highest BCUT2D eigenvalue weighted by Crippen LogP contribution is 2.15. The molecule has 0 aromatic heterocycles. The summed E-state index contributed by atoms with van der Waals surface area (Å²) in [5.74, 6) is 0.189. The highest BCUT2D eigenvalue weighted by Gasteiger charge is 2.09. The standard InChI is InChI=1S/C34H66O3/c1-4-5-6-7-8-9-10-11-12-13-14-18-21-24-27-30-33(35)37-34(36)31-28-25-22-19-16-15-17-20-23-26-29-32(2)3/h32H,4-31H2,1-3H3. The summed E-state index contributed by atoms with van der Waals surface area (Å²) < 4.78 is 5.00. The van der Waals surface area contributed by atoms with Crippen LogP contribution in [0.5, 0.6) is 0 Å². The molecule has 0 saturated heterocycles. The molecule has 0 N–H and O–H groups in total. The van der Waals surface area contributed by atoms with E-state index in [0.29, 0.717) is 12.8 Å². The largest absolute Gasteiger partial charge is 0.393 e. The third kappa shape index (κ3) is 31.3. The molecule has 0 radical (unpaired) electrons. The van der Waals surface area contributed by atoms with Crippen LogP contribution >= 0.6 is 0 Å². The summed E-state index contributed by atoms with van der Waals surface area (Å²) in [7, 11) is 0. The maximum absolute atomic E-state index is 11.9. The number of carbonyl (C=O) groups is 2. The molecule has 220 valence electrons.